The molecule has 128 valence electrons. The van der Waals surface area contributed by atoms with Crippen molar-refractivity contribution in [3.05, 3.63) is 59.0 Å². The summed E-state index contributed by atoms with van der Waals surface area (Å²) < 4.78 is 5.94. The molecule has 0 spiro atoms. The zero-order valence-electron chi connectivity index (χ0n) is 14.5. The summed E-state index contributed by atoms with van der Waals surface area (Å²) >= 11 is 0. The number of pyridine rings is 1. The number of rotatable bonds is 2. The van der Waals surface area contributed by atoms with Crippen LogP contribution in [-0.2, 0) is 0 Å². The average Bonchev–Trinajstić information content (AvgIpc) is 2.61. The van der Waals surface area contributed by atoms with Gasteiger partial charge in [0, 0.05) is 54.9 Å². The molecule has 0 bridgehead atoms. The van der Waals surface area contributed by atoms with Gasteiger partial charge < -0.3 is 14.6 Å². The number of aromatic nitrogens is 1. The molecule has 5 nitrogen and oxygen atoms in total. The maximum Gasteiger partial charge on any atom is 0.193 e. The summed E-state index contributed by atoms with van der Waals surface area (Å²) in [5, 5.41) is 4.12. The Hall–Kier alpha value is -2.66. The van der Waals surface area contributed by atoms with E-state index in [1.54, 1.807) is 18.5 Å². The summed E-state index contributed by atoms with van der Waals surface area (Å²) in [6.07, 6.45) is 3.39. The summed E-state index contributed by atoms with van der Waals surface area (Å²) in [5.74, 6) is 0.543. The highest BCUT2D eigenvalue weighted by molar-refractivity contribution is 5.82. The van der Waals surface area contributed by atoms with Gasteiger partial charge in [-0.15, -0.1) is 0 Å². The van der Waals surface area contributed by atoms with Gasteiger partial charge in [-0.2, -0.15) is 0 Å². The number of nitrogens with zero attached hydrogens (tertiary/aromatic N) is 2. The lowest BCUT2D eigenvalue weighted by Gasteiger charge is -2.40. The third-order valence-electron chi connectivity index (χ3n) is 4.59. The molecule has 1 fully saturated rings. The molecule has 25 heavy (non-hydrogen) atoms. The summed E-state index contributed by atoms with van der Waals surface area (Å²) in [7, 11) is 0. The standard InChI is InChI=1S/C20H21N3O2/c1-20(2)13-23(9-8-22-20)15-5-6-18-16(10-15)17(24)11-19(25-18)14-4-3-7-21-12-14/h3-7,10-12,22H,8-9,13H2,1-2H3. The molecule has 2 aromatic heterocycles. The van der Waals surface area contributed by atoms with Gasteiger partial charge in [-0.1, -0.05) is 0 Å². The molecule has 1 aliphatic heterocycles. The molecule has 3 heterocycles. The van der Waals surface area contributed by atoms with Crippen LogP contribution in [0.4, 0.5) is 5.69 Å². The highest BCUT2D eigenvalue weighted by Crippen LogP contribution is 2.26. The number of hydrogen-bond donors (Lipinski definition) is 1. The molecule has 1 aromatic carbocycles. The van der Waals surface area contributed by atoms with Crippen molar-refractivity contribution in [1.29, 1.82) is 0 Å². The van der Waals surface area contributed by atoms with Crippen molar-refractivity contribution in [2.75, 3.05) is 24.5 Å². The maximum atomic E-state index is 12.6. The first-order chi connectivity index (χ1) is 12.0. The van der Waals surface area contributed by atoms with Crippen LogP contribution in [0, 0.1) is 0 Å². The molecule has 1 saturated heterocycles. The zero-order chi connectivity index (χ0) is 17.4. The SMILES string of the molecule is CC1(C)CN(c2ccc3oc(-c4cccnc4)cc(=O)c3c2)CCN1. The van der Waals surface area contributed by atoms with Gasteiger partial charge in [0.15, 0.2) is 5.43 Å². The molecule has 0 amide bonds. The van der Waals surface area contributed by atoms with Crippen LogP contribution < -0.4 is 15.6 Å². The first-order valence-corrected chi connectivity index (χ1v) is 8.50. The Bertz CT molecular complexity index is 964. The smallest absolute Gasteiger partial charge is 0.193 e. The van der Waals surface area contributed by atoms with Gasteiger partial charge in [-0.05, 0) is 44.2 Å². The van der Waals surface area contributed by atoms with Crippen LogP contribution in [0.2, 0.25) is 0 Å². The van der Waals surface area contributed by atoms with Gasteiger partial charge in [-0.25, -0.2) is 0 Å². The third-order valence-corrected chi connectivity index (χ3v) is 4.59. The summed E-state index contributed by atoms with van der Waals surface area (Å²) in [5.41, 5.74) is 2.49. The Kier molecular flexibility index (Phi) is 3.81. The van der Waals surface area contributed by atoms with Crippen LogP contribution in [-0.4, -0.2) is 30.2 Å². The fraction of sp³-hybridized carbons (Fsp3) is 0.300. The molecular weight excluding hydrogens is 314 g/mol. The lowest BCUT2D eigenvalue weighted by Crippen LogP contribution is -2.57. The molecule has 1 N–H and O–H groups in total. The van der Waals surface area contributed by atoms with E-state index in [9.17, 15) is 4.79 Å². The van der Waals surface area contributed by atoms with Crippen molar-refractivity contribution in [2.24, 2.45) is 0 Å². The second kappa shape index (κ2) is 6.01. The summed E-state index contributed by atoms with van der Waals surface area (Å²) in [4.78, 5) is 19.0. The van der Waals surface area contributed by atoms with Crippen LogP contribution in [0.25, 0.3) is 22.3 Å². The first kappa shape index (κ1) is 15.8. The Morgan fingerprint density at radius 3 is 2.88 bits per heavy atom. The number of anilines is 1. The third kappa shape index (κ3) is 3.15. The maximum absolute atomic E-state index is 12.6. The number of benzene rings is 1. The minimum atomic E-state index is -0.0312. The van der Waals surface area contributed by atoms with Crippen LogP contribution in [0.3, 0.4) is 0 Å². The van der Waals surface area contributed by atoms with Gasteiger partial charge in [0.1, 0.15) is 11.3 Å². The van der Waals surface area contributed by atoms with Crippen molar-refractivity contribution in [1.82, 2.24) is 10.3 Å². The minimum absolute atomic E-state index is 0.0312. The normalized spacial score (nSPS) is 17.0. The van der Waals surface area contributed by atoms with E-state index < -0.39 is 0 Å². The molecule has 0 radical (unpaired) electrons. The number of piperazine rings is 1. The second-order valence-electron chi connectivity index (χ2n) is 7.13. The van der Waals surface area contributed by atoms with Gasteiger partial charge >= 0.3 is 0 Å². The van der Waals surface area contributed by atoms with Crippen LogP contribution in [0.1, 0.15) is 13.8 Å². The van der Waals surface area contributed by atoms with Crippen molar-refractivity contribution in [3.8, 4) is 11.3 Å². The molecular formula is C20H21N3O2. The van der Waals surface area contributed by atoms with E-state index in [4.69, 9.17) is 4.42 Å². The van der Waals surface area contributed by atoms with Crippen LogP contribution in [0.5, 0.6) is 0 Å². The van der Waals surface area contributed by atoms with E-state index in [1.807, 2.05) is 30.3 Å². The Morgan fingerprint density at radius 2 is 2.12 bits per heavy atom. The molecule has 5 heteroatoms. The van der Waals surface area contributed by atoms with E-state index in [0.717, 1.165) is 30.9 Å². The highest BCUT2D eigenvalue weighted by Gasteiger charge is 2.26. The fourth-order valence-electron chi connectivity index (χ4n) is 3.35. The van der Waals surface area contributed by atoms with E-state index in [-0.39, 0.29) is 11.0 Å². The molecule has 0 saturated carbocycles. The van der Waals surface area contributed by atoms with E-state index >= 15 is 0 Å². The largest absolute Gasteiger partial charge is 0.456 e. The lowest BCUT2D eigenvalue weighted by atomic mass is 10.0. The molecule has 0 atom stereocenters. The molecule has 1 aliphatic rings. The predicted molar refractivity (Wildman–Crippen MR) is 100 cm³/mol. The van der Waals surface area contributed by atoms with Crippen LogP contribution >= 0.6 is 0 Å². The fourth-order valence-corrected chi connectivity index (χ4v) is 3.35. The summed E-state index contributed by atoms with van der Waals surface area (Å²) in [6, 6.07) is 11.1. The molecule has 3 aromatic rings. The van der Waals surface area contributed by atoms with Gasteiger partial charge in [0.05, 0.1) is 5.39 Å². The van der Waals surface area contributed by atoms with E-state index in [0.29, 0.717) is 16.7 Å². The van der Waals surface area contributed by atoms with Crippen LogP contribution in [0.15, 0.2) is 58.0 Å². The Labute approximate surface area is 146 Å². The van der Waals surface area contributed by atoms with Crippen molar-refractivity contribution in [3.63, 3.8) is 0 Å². The van der Waals surface area contributed by atoms with Crippen molar-refractivity contribution >= 4 is 16.7 Å². The van der Waals surface area contributed by atoms with Gasteiger partial charge in [0.2, 0.25) is 0 Å². The summed E-state index contributed by atoms with van der Waals surface area (Å²) in [6.45, 7) is 7.13. The Morgan fingerprint density at radius 1 is 1.24 bits per heavy atom. The average molecular weight is 335 g/mol. The molecule has 0 aliphatic carbocycles. The quantitative estimate of drug-likeness (QED) is 0.780. The number of hydrogen-bond acceptors (Lipinski definition) is 5. The van der Waals surface area contributed by atoms with Crippen molar-refractivity contribution < 1.29 is 4.42 Å². The van der Waals surface area contributed by atoms with E-state index in [2.05, 4.69) is 29.0 Å². The molecule has 4 rings (SSSR count). The first-order valence-electron chi connectivity index (χ1n) is 8.50. The monoisotopic (exact) mass is 335 g/mol. The van der Waals surface area contributed by atoms with Crippen molar-refractivity contribution in [2.45, 2.75) is 19.4 Å². The number of fused-ring (bicyclic) bond motifs is 1. The predicted octanol–water partition coefficient (Wildman–Crippen LogP) is 3.04. The topological polar surface area (TPSA) is 58.4 Å². The lowest BCUT2D eigenvalue weighted by molar-refractivity contribution is 0.353. The van der Waals surface area contributed by atoms with Gasteiger partial charge in [0.25, 0.3) is 0 Å². The van der Waals surface area contributed by atoms with E-state index in [1.165, 1.54) is 0 Å². The van der Waals surface area contributed by atoms with Gasteiger partial charge in [-0.3, -0.25) is 9.78 Å². The minimum Gasteiger partial charge on any atom is -0.456 e. The zero-order valence-corrected chi connectivity index (χ0v) is 14.5. The second-order valence-corrected chi connectivity index (χ2v) is 7.13. The number of nitrogens with one attached hydrogen (secondary N) is 1. The molecule has 0 unspecified atom stereocenters. The highest BCUT2D eigenvalue weighted by atomic mass is 16.3. The Balaban J connectivity index is 1.75.